The highest BCUT2D eigenvalue weighted by Crippen LogP contribution is 2.28. The van der Waals surface area contributed by atoms with Crippen LogP contribution in [-0.4, -0.2) is 62.4 Å². The van der Waals surface area contributed by atoms with Crippen molar-refractivity contribution in [3.8, 4) is 0 Å². The van der Waals surface area contributed by atoms with Crippen molar-refractivity contribution < 1.29 is 22.8 Å². The van der Waals surface area contributed by atoms with Gasteiger partial charge in [-0.1, -0.05) is 42.5 Å². The van der Waals surface area contributed by atoms with Crippen LogP contribution in [0, 0.1) is 0 Å². The van der Waals surface area contributed by atoms with E-state index in [0.717, 1.165) is 24.5 Å². The Balaban J connectivity index is 1.19. The Labute approximate surface area is 223 Å². The Morgan fingerprint density at radius 3 is 2.41 bits per heavy atom. The number of pyridine rings is 1. The van der Waals surface area contributed by atoms with E-state index in [1.807, 2.05) is 23.1 Å². The summed E-state index contributed by atoms with van der Waals surface area (Å²) < 4.78 is 40.4. The summed E-state index contributed by atoms with van der Waals surface area (Å²) in [6.07, 6.45) is -2.97. The lowest BCUT2D eigenvalue weighted by molar-refractivity contribution is -0.141. The number of Topliss-reactive ketones (excluding diaryl/α,β-unsaturated/α-hetero) is 1. The molecule has 1 amide bonds. The number of hydrogen-bond acceptors (Lipinski definition) is 5. The maximum absolute atomic E-state index is 13.0. The van der Waals surface area contributed by atoms with Gasteiger partial charge in [0.25, 0.3) is 0 Å². The van der Waals surface area contributed by atoms with Gasteiger partial charge in [-0.25, -0.2) is 4.98 Å². The summed E-state index contributed by atoms with van der Waals surface area (Å²) in [6, 6.07) is 19.1. The molecule has 1 aliphatic heterocycles. The molecule has 4 aromatic rings. The zero-order chi connectivity index (χ0) is 27.6. The Bertz CT molecular complexity index is 1480. The van der Waals surface area contributed by atoms with Gasteiger partial charge in [-0.05, 0) is 42.3 Å². The van der Waals surface area contributed by atoms with Crippen LogP contribution in [0.5, 0.6) is 0 Å². The van der Waals surface area contributed by atoms with Crippen molar-refractivity contribution in [1.29, 1.82) is 0 Å². The van der Waals surface area contributed by atoms with E-state index in [1.54, 1.807) is 29.1 Å². The number of benzene rings is 2. The quantitative estimate of drug-likeness (QED) is 0.319. The first-order chi connectivity index (χ1) is 18.7. The van der Waals surface area contributed by atoms with Gasteiger partial charge >= 0.3 is 6.18 Å². The van der Waals surface area contributed by atoms with Gasteiger partial charge in [-0.15, -0.1) is 0 Å². The van der Waals surface area contributed by atoms with Gasteiger partial charge in [0.15, 0.2) is 5.78 Å². The molecule has 0 bridgehead atoms. The molecule has 0 saturated carbocycles. The molecule has 1 fully saturated rings. The molecule has 5 rings (SSSR count). The fraction of sp³-hybridized carbons (Fsp3) is 0.310. The number of amides is 1. The zero-order valence-corrected chi connectivity index (χ0v) is 21.4. The molecule has 1 aliphatic rings. The van der Waals surface area contributed by atoms with Crippen LogP contribution in [-0.2, 0) is 23.9 Å². The Morgan fingerprint density at radius 1 is 0.949 bits per heavy atom. The molecule has 1 atom stereocenters. The van der Waals surface area contributed by atoms with E-state index in [9.17, 15) is 22.8 Å². The summed E-state index contributed by atoms with van der Waals surface area (Å²) in [4.78, 5) is 33.3. The largest absolute Gasteiger partial charge is 0.433 e. The topological polar surface area (TPSA) is 71.3 Å². The van der Waals surface area contributed by atoms with Crippen molar-refractivity contribution in [2.24, 2.45) is 0 Å². The maximum atomic E-state index is 13.0. The maximum Gasteiger partial charge on any atom is 0.433 e. The van der Waals surface area contributed by atoms with Crippen molar-refractivity contribution in [1.82, 2.24) is 24.6 Å². The van der Waals surface area contributed by atoms with Gasteiger partial charge in [0.1, 0.15) is 17.9 Å². The van der Waals surface area contributed by atoms with E-state index in [0.29, 0.717) is 24.2 Å². The van der Waals surface area contributed by atoms with Crippen LogP contribution in [0.1, 0.15) is 40.3 Å². The van der Waals surface area contributed by atoms with E-state index in [4.69, 9.17) is 0 Å². The zero-order valence-electron chi connectivity index (χ0n) is 21.4. The van der Waals surface area contributed by atoms with Gasteiger partial charge in [-0.2, -0.15) is 18.3 Å². The smallest absolute Gasteiger partial charge is 0.339 e. The lowest BCUT2D eigenvalue weighted by Gasteiger charge is -2.38. The number of hydrogen-bond donors (Lipinski definition) is 0. The second-order valence-electron chi connectivity index (χ2n) is 9.73. The molecule has 10 heteroatoms. The van der Waals surface area contributed by atoms with Crippen LogP contribution >= 0.6 is 0 Å². The molecule has 2 aromatic carbocycles. The van der Waals surface area contributed by atoms with Crippen molar-refractivity contribution >= 4 is 22.6 Å². The standard InChI is InChI=1S/C29H28F3N5O2/c1-20(22-6-3-2-4-7-22)35-12-14-36(15-13-35)28(39)19-37-18-23-16-21(10-11-24(23)34-37)17-26(38)25-8-5-9-27(33-25)29(30,31)32/h2-11,16,18,20H,12-15,17,19H2,1H3. The molecule has 0 spiro atoms. The fourth-order valence-electron chi connectivity index (χ4n) is 4.88. The number of alkyl halides is 3. The third kappa shape index (κ3) is 6.17. The van der Waals surface area contributed by atoms with E-state index in [2.05, 4.69) is 34.0 Å². The molecule has 202 valence electrons. The van der Waals surface area contributed by atoms with Crippen LogP contribution in [0.3, 0.4) is 0 Å². The number of fused-ring (bicyclic) bond motifs is 1. The highest BCUT2D eigenvalue weighted by atomic mass is 19.4. The summed E-state index contributed by atoms with van der Waals surface area (Å²) in [7, 11) is 0. The number of carbonyl (C=O) groups is 2. The first kappa shape index (κ1) is 26.6. The second-order valence-corrected chi connectivity index (χ2v) is 9.73. The van der Waals surface area contributed by atoms with Gasteiger partial charge in [0.05, 0.1) is 5.52 Å². The summed E-state index contributed by atoms with van der Waals surface area (Å²) in [5.74, 6) is -0.524. The van der Waals surface area contributed by atoms with Crippen molar-refractivity contribution in [2.75, 3.05) is 26.2 Å². The number of aromatic nitrogens is 3. The first-order valence-corrected chi connectivity index (χ1v) is 12.8. The average Bonchev–Trinajstić information content (AvgIpc) is 3.34. The minimum Gasteiger partial charge on any atom is -0.339 e. The predicted octanol–water partition coefficient (Wildman–Crippen LogP) is 4.78. The van der Waals surface area contributed by atoms with Crippen LogP contribution in [0.2, 0.25) is 0 Å². The second kappa shape index (κ2) is 11.0. The van der Waals surface area contributed by atoms with E-state index >= 15 is 0 Å². The first-order valence-electron chi connectivity index (χ1n) is 12.8. The van der Waals surface area contributed by atoms with Gasteiger partial charge in [-0.3, -0.25) is 19.2 Å². The minimum atomic E-state index is -4.62. The Hall–Kier alpha value is -4.05. The number of nitrogens with zero attached hydrogens (tertiary/aromatic N) is 5. The molecule has 1 saturated heterocycles. The summed E-state index contributed by atoms with van der Waals surface area (Å²) in [5.41, 5.74) is 1.22. The molecule has 0 N–H and O–H groups in total. The molecular weight excluding hydrogens is 507 g/mol. The summed E-state index contributed by atoms with van der Waals surface area (Å²) in [5, 5.41) is 5.23. The van der Waals surface area contributed by atoms with Crippen LogP contribution in [0.4, 0.5) is 13.2 Å². The van der Waals surface area contributed by atoms with Crippen LogP contribution < -0.4 is 0 Å². The third-order valence-electron chi connectivity index (χ3n) is 7.10. The third-order valence-corrected chi connectivity index (χ3v) is 7.10. The van der Waals surface area contributed by atoms with Crippen LogP contribution in [0.15, 0.2) is 72.9 Å². The number of ketones is 1. The highest BCUT2D eigenvalue weighted by Gasteiger charge is 2.33. The van der Waals surface area contributed by atoms with Crippen molar-refractivity contribution in [3.63, 3.8) is 0 Å². The van der Waals surface area contributed by atoms with Gasteiger partial charge in [0, 0.05) is 50.2 Å². The molecule has 7 nitrogen and oxygen atoms in total. The van der Waals surface area contributed by atoms with Crippen LogP contribution in [0.25, 0.3) is 10.9 Å². The fourth-order valence-corrected chi connectivity index (χ4v) is 4.88. The van der Waals surface area contributed by atoms with Crippen molar-refractivity contribution in [3.05, 3.63) is 95.4 Å². The summed E-state index contributed by atoms with van der Waals surface area (Å²) in [6.45, 7) is 5.16. The van der Waals surface area contributed by atoms with Crippen molar-refractivity contribution in [2.45, 2.75) is 32.1 Å². The highest BCUT2D eigenvalue weighted by molar-refractivity contribution is 5.96. The Kier molecular flexibility index (Phi) is 7.47. The molecular formula is C29H28F3N5O2. The van der Waals surface area contributed by atoms with E-state index < -0.39 is 17.7 Å². The molecule has 0 aliphatic carbocycles. The van der Waals surface area contributed by atoms with E-state index in [-0.39, 0.29) is 30.6 Å². The lowest BCUT2D eigenvalue weighted by Crippen LogP contribution is -2.50. The predicted molar refractivity (Wildman–Crippen MR) is 140 cm³/mol. The molecule has 2 aromatic heterocycles. The van der Waals surface area contributed by atoms with Gasteiger partial charge < -0.3 is 4.90 Å². The number of halogens is 3. The Morgan fingerprint density at radius 2 is 1.69 bits per heavy atom. The monoisotopic (exact) mass is 535 g/mol. The lowest BCUT2D eigenvalue weighted by atomic mass is 10.0. The number of rotatable bonds is 7. The normalized spacial score (nSPS) is 15.4. The molecule has 3 heterocycles. The van der Waals surface area contributed by atoms with Gasteiger partial charge in [0.2, 0.25) is 5.91 Å². The molecule has 39 heavy (non-hydrogen) atoms. The van der Waals surface area contributed by atoms with E-state index in [1.165, 1.54) is 17.7 Å². The number of carbonyl (C=O) groups excluding carboxylic acids is 2. The molecule has 0 radical (unpaired) electrons. The molecule has 1 unspecified atom stereocenters. The average molecular weight is 536 g/mol. The summed E-state index contributed by atoms with van der Waals surface area (Å²) >= 11 is 0. The number of piperazine rings is 1. The SMILES string of the molecule is CC(c1ccccc1)N1CCN(C(=O)Cn2cc3cc(CC(=O)c4cccc(C(F)(F)F)n4)ccc3n2)CC1. The minimum absolute atomic E-state index is 0.0131.